The van der Waals surface area contributed by atoms with Crippen LogP contribution in [0.1, 0.15) is 43.0 Å². The number of hydrogen-bond acceptors (Lipinski definition) is 2. The van der Waals surface area contributed by atoms with Gasteiger partial charge >= 0.3 is 0 Å². The molecular formula is C22H22N2O. The Morgan fingerprint density at radius 2 is 1.68 bits per heavy atom. The smallest absolute Gasteiger partial charge is 0.155 e. The van der Waals surface area contributed by atoms with Crippen molar-refractivity contribution in [1.29, 1.82) is 0 Å². The maximum atomic E-state index is 12.5. The van der Waals surface area contributed by atoms with Crippen molar-refractivity contribution in [3.05, 3.63) is 78.1 Å². The van der Waals surface area contributed by atoms with Crippen molar-refractivity contribution < 1.29 is 4.79 Å². The van der Waals surface area contributed by atoms with Crippen LogP contribution in [0.5, 0.6) is 0 Å². The van der Waals surface area contributed by atoms with Gasteiger partial charge in [-0.15, -0.1) is 0 Å². The summed E-state index contributed by atoms with van der Waals surface area (Å²) in [5, 5.41) is 0. The summed E-state index contributed by atoms with van der Waals surface area (Å²) >= 11 is 0. The first kappa shape index (κ1) is 15.8. The van der Waals surface area contributed by atoms with Gasteiger partial charge in [-0.1, -0.05) is 67.1 Å². The Morgan fingerprint density at radius 1 is 0.960 bits per heavy atom. The Morgan fingerprint density at radius 3 is 2.40 bits per heavy atom. The van der Waals surface area contributed by atoms with Gasteiger partial charge in [0.25, 0.3) is 0 Å². The van der Waals surface area contributed by atoms with Crippen LogP contribution in [-0.2, 0) is 11.2 Å². The van der Waals surface area contributed by atoms with Crippen LogP contribution in [0.3, 0.4) is 0 Å². The first-order valence-corrected chi connectivity index (χ1v) is 9.01. The van der Waals surface area contributed by atoms with E-state index in [1.165, 1.54) is 5.56 Å². The molecular weight excluding hydrogens is 308 g/mol. The Hall–Kier alpha value is -2.68. The number of imidazole rings is 1. The summed E-state index contributed by atoms with van der Waals surface area (Å²) in [4.78, 5) is 17.4. The number of rotatable bonds is 4. The molecule has 25 heavy (non-hydrogen) atoms. The molecule has 1 atom stereocenters. The number of carbonyl (C=O) groups excluding carboxylic acids is 1. The van der Waals surface area contributed by atoms with E-state index in [4.69, 9.17) is 4.98 Å². The number of nitrogens with zero attached hydrogens (tertiary/aromatic N) is 2. The van der Waals surface area contributed by atoms with E-state index in [9.17, 15) is 4.79 Å². The maximum absolute atomic E-state index is 12.5. The van der Waals surface area contributed by atoms with Crippen molar-refractivity contribution >= 4 is 5.78 Å². The third-order valence-electron chi connectivity index (χ3n) is 4.90. The molecule has 0 saturated heterocycles. The predicted molar refractivity (Wildman–Crippen MR) is 99.4 cm³/mol. The van der Waals surface area contributed by atoms with E-state index in [0.29, 0.717) is 12.2 Å². The van der Waals surface area contributed by atoms with Gasteiger partial charge in [0.2, 0.25) is 0 Å². The monoisotopic (exact) mass is 330 g/mol. The number of benzene rings is 2. The largest absolute Gasteiger partial charge is 0.320 e. The molecule has 0 bridgehead atoms. The van der Waals surface area contributed by atoms with E-state index in [1.54, 1.807) is 0 Å². The van der Waals surface area contributed by atoms with Gasteiger partial charge < -0.3 is 4.57 Å². The number of Topliss-reactive ketones (excluding diaryl/α,β-unsaturated/α-hetero) is 1. The minimum Gasteiger partial charge on any atom is -0.320 e. The van der Waals surface area contributed by atoms with Crippen LogP contribution in [0.15, 0.2) is 66.9 Å². The summed E-state index contributed by atoms with van der Waals surface area (Å²) < 4.78 is 2.12. The van der Waals surface area contributed by atoms with Crippen molar-refractivity contribution in [3.63, 3.8) is 0 Å². The third-order valence-corrected chi connectivity index (χ3v) is 4.90. The van der Waals surface area contributed by atoms with Crippen molar-refractivity contribution in [3.8, 4) is 11.4 Å². The number of hydrogen-bond donors (Lipinski definition) is 0. The molecule has 1 heterocycles. The minimum atomic E-state index is -0.0685. The molecule has 1 aliphatic carbocycles. The van der Waals surface area contributed by atoms with E-state index >= 15 is 0 Å². The van der Waals surface area contributed by atoms with Crippen LogP contribution in [-0.4, -0.2) is 15.3 Å². The fourth-order valence-electron chi connectivity index (χ4n) is 3.63. The first-order chi connectivity index (χ1) is 12.3. The first-order valence-electron chi connectivity index (χ1n) is 9.01. The highest BCUT2D eigenvalue weighted by molar-refractivity contribution is 5.84. The summed E-state index contributed by atoms with van der Waals surface area (Å²) in [5.74, 6) is 1.25. The van der Waals surface area contributed by atoms with Gasteiger partial charge in [0.05, 0.1) is 11.7 Å². The van der Waals surface area contributed by atoms with E-state index in [-0.39, 0.29) is 6.04 Å². The van der Waals surface area contributed by atoms with Gasteiger partial charge in [-0.3, -0.25) is 4.79 Å². The normalized spacial score (nSPS) is 17.6. The van der Waals surface area contributed by atoms with Gasteiger partial charge in [0, 0.05) is 24.6 Å². The fraction of sp³-hybridized carbons (Fsp3) is 0.273. The average Bonchev–Trinajstić information content (AvgIpc) is 3.07. The lowest BCUT2D eigenvalue weighted by Crippen LogP contribution is -2.23. The second kappa shape index (κ2) is 7.06. The molecule has 0 radical (unpaired) electrons. The van der Waals surface area contributed by atoms with Crippen LogP contribution in [0.4, 0.5) is 0 Å². The summed E-state index contributed by atoms with van der Waals surface area (Å²) in [6.07, 6.45) is 6.60. The maximum Gasteiger partial charge on any atom is 0.155 e. The lowest BCUT2D eigenvalue weighted by molar-refractivity contribution is -0.123. The second-order valence-corrected chi connectivity index (χ2v) is 6.72. The lowest BCUT2D eigenvalue weighted by Gasteiger charge is -2.23. The van der Waals surface area contributed by atoms with Crippen LogP contribution < -0.4 is 0 Å². The minimum absolute atomic E-state index is 0.0685. The number of carbonyl (C=O) groups is 1. The van der Waals surface area contributed by atoms with Gasteiger partial charge in [-0.05, 0) is 18.4 Å². The molecule has 126 valence electrons. The van der Waals surface area contributed by atoms with E-state index in [2.05, 4.69) is 47.2 Å². The molecule has 1 aliphatic rings. The zero-order chi connectivity index (χ0) is 17.1. The van der Waals surface area contributed by atoms with Gasteiger partial charge in [-0.25, -0.2) is 4.98 Å². The molecule has 1 saturated carbocycles. The fourth-order valence-corrected chi connectivity index (χ4v) is 3.63. The molecule has 1 fully saturated rings. The van der Waals surface area contributed by atoms with E-state index in [0.717, 1.165) is 42.8 Å². The summed E-state index contributed by atoms with van der Waals surface area (Å²) in [6, 6.07) is 20.5. The lowest BCUT2D eigenvalue weighted by atomic mass is 9.93. The predicted octanol–water partition coefficient (Wildman–Crippen LogP) is 4.83. The molecule has 2 aromatic carbocycles. The molecule has 1 aromatic heterocycles. The average molecular weight is 330 g/mol. The van der Waals surface area contributed by atoms with Crippen LogP contribution in [0.25, 0.3) is 11.4 Å². The van der Waals surface area contributed by atoms with Crippen molar-refractivity contribution in [1.82, 2.24) is 9.55 Å². The molecule has 1 unspecified atom stereocenters. The quantitative estimate of drug-likeness (QED) is 0.687. The van der Waals surface area contributed by atoms with Crippen molar-refractivity contribution in [2.75, 3.05) is 0 Å². The number of aromatic nitrogens is 2. The molecule has 0 spiro atoms. The van der Waals surface area contributed by atoms with Gasteiger partial charge in [-0.2, -0.15) is 0 Å². The SMILES string of the molecule is O=C1CCCCC1n1cc(Cc2ccccc2)nc1-c1ccccc1. The van der Waals surface area contributed by atoms with Crippen molar-refractivity contribution in [2.45, 2.75) is 38.1 Å². The Balaban J connectivity index is 1.74. The summed E-state index contributed by atoms with van der Waals surface area (Å²) in [6.45, 7) is 0. The molecule has 0 aliphatic heterocycles. The third kappa shape index (κ3) is 3.41. The number of ketones is 1. The zero-order valence-electron chi connectivity index (χ0n) is 14.3. The van der Waals surface area contributed by atoms with Crippen molar-refractivity contribution in [2.24, 2.45) is 0 Å². The summed E-state index contributed by atoms with van der Waals surface area (Å²) in [7, 11) is 0. The zero-order valence-corrected chi connectivity index (χ0v) is 14.3. The summed E-state index contributed by atoms with van der Waals surface area (Å²) in [5.41, 5.74) is 3.32. The van der Waals surface area contributed by atoms with E-state index in [1.807, 2.05) is 24.3 Å². The Bertz CT molecular complexity index is 852. The molecule has 3 nitrogen and oxygen atoms in total. The molecule has 0 amide bonds. The highest BCUT2D eigenvalue weighted by Crippen LogP contribution is 2.31. The Kier molecular flexibility index (Phi) is 4.47. The molecule has 4 rings (SSSR count). The van der Waals surface area contributed by atoms with Gasteiger partial charge in [0.1, 0.15) is 5.82 Å². The Labute approximate surface area is 148 Å². The van der Waals surface area contributed by atoms with Gasteiger partial charge in [0.15, 0.2) is 5.78 Å². The molecule has 0 N–H and O–H groups in total. The standard InChI is InChI=1S/C22H22N2O/c25-21-14-8-7-13-20(21)24-16-19(15-17-9-3-1-4-10-17)23-22(24)18-11-5-2-6-12-18/h1-6,9-12,16,20H,7-8,13-15H2. The second-order valence-electron chi connectivity index (χ2n) is 6.72. The topological polar surface area (TPSA) is 34.9 Å². The molecule has 3 heteroatoms. The highest BCUT2D eigenvalue weighted by atomic mass is 16.1. The van der Waals surface area contributed by atoms with E-state index < -0.39 is 0 Å². The highest BCUT2D eigenvalue weighted by Gasteiger charge is 2.26. The van der Waals surface area contributed by atoms with Crippen LogP contribution in [0.2, 0.25) is 0 Å². The molecule has 3 aromatic rings. The van der Waals surface area contributed by atoms with Crippen LogP contribution in [0, 0.1) is 0 Å². The van der Waals surface area contributed by atoms with Crippen LogP contribution >= 0.6 is 0 Å².